The summed E-state index contributed by atoms with van der Waals surface area (Å²) in [4.78, 5) is 7.56. The zero-order chi connectivity index (χ0) is 18.1. The molecule has 0 N–H and O–H groups in total. The van der Waals surface area contributed by atoms with Crippen molar-refractivity contribution < 1.29 is 8.42 Å². The van der Waals surface area contributed by atoms with Crippen molar-refractivity contribution in [3.8, 4) is 0 Å². The second kappa shape index (κ2) is 6.82. The van der Waals surface area contributed by atoms with Gasteiger partial charge in [0.1, 0.15) is 0 Å². The van der Waals surface area contributed by atoms with E-state index in [1.165, 1.54) is 19.0 Å². The molecule has 5 heteroatoms. The minimum Gasteiger partial charge on any atom is -0.297 e. The van der Waals surface area contributed by atoms with Gasteiger partial charge in [-0.3, -0.25) is 9.88 Å². The molecule has 2 heterocycles. The maximum atomic E-state index is 12.9. The first-order valence-electron chi connectivity index (χ1n) is 9.00. The molecular weight excluding hydrogens is 344 g/mol. The Morgan fingerprint density at radius 3 is 2.42 bits per heavy atom. The molecule has 134 valence electrons. The van der Waals surface area contributed by atoms with E-state index in [0.717, 1.165) is 29.6 Å². The Kier molecular flexibility index (Phi) is 4.51. The van der Waals surface area contributed by atoms with Crippen LogP contribution in [0.4, 0.5) is 0 Å². The third-order valence-corrected chi connectivity index (χ3v) is 6.96. The molecule has 0 spiro atoms. The Labute approximate surface area is 154 Å². The number of fused-ring (bicyclic) bond motifs is 1. The number of hydrogen-bond acceptors (Lipinski definition) is 4. The highest BCUT2D eigenvalue weighted by molar-refractivity contribution is 7.91. The largest absolute Gasteiger partial charge is 0.297 e. The van der Waals surface area contributed by atoms with E-state index in [2.05, 4.69) is 22.9 Å². The van der Waals surface area contributed by atoms with E-state index in [0.29, 0.717) is 4.90 Å². The summed E-state index contributed by atoms with van der Waals surface area (Å²) >= 11 is 0. The van der Waals surface area contributed by atoms with Crippen molar-refractivity contribution in [2.24, 2.45) is 0 Å². The predicted molar refractivity (Wildman–Crippen MR) is 103 cm³/mol. The van der Waals surface area contributed by atoms with Gasteiger partial charge in [0.15, 0.2) is 0 Å². The lowest BCUT2D eigenvalue weighted by Crippen LogP contribution is -2.23. The van der Waals surface area contributed by atoms with Crippen molar-refractivity contribution in [3.05, 3.63) is 66.4 Å². The highest BCUT2D eigenvalue weighted by Gasteiger charge is 2.23. The van der Waals surface area contributed by atoms with Gasteiger partial charge in [0.05, 0.1) is 15.3 Å². The van der Waals surface area contributed by atoms with E-state index < -0.39 is 9.84 Å². The van der Waals surface area contributed by atoms with Gasteiger partial charge in [0.25, 0.3) is 0 Å². The number of sulfone groups is 1. The van der Waals surface area contributed by atoms with Crippen LogP contribution in [0.15, 0.2) is 70.6 Å². The molecular formula is C21H22N2O2S. The third kappa shape index (κ3) is 3.02. The second-order valence-electron chi connectivity index (χ2n) is 6.83. The average molecular weight is 366 g/mol. The summed E-state index contributed by atoms with van der Waals surface area (Å²) in [5.41, 5.74) is 2.05. The van der Waals surface area contributed by atoms with Gasteiger partial charge in [0.2, 0.25) is 9.84 Å². The zero-order valence-corrected chi connectivity index (χ0v) is 15.6. The van der Waals surface area contributed by atoms with E-state index in [9.17, 15) is 8.42 Å². The number of hydrogen-bond donors (Lipinski definition) is 0. The monoisotopic (exact) mass is 366 g/mol. The molecule has 26 heavy (non-hydrogen) atoms. The van der Waals surface area contributed by atoms with Crippen LogP contribution in [0.2, 0.25) is 0 Å². The Hall–Kier alpha value is -2.24. The van der Waals surface area contributed by atoms with Gasteiger partial charge in [-0.2, -0.15) is 0 Å². The van der Waals surface area contributed by atoms with Crippen molar-refractivity contribution in [2.75, 3.05) is 13.1 Å². The summed E-state index contributed by atoms with van der Waals surface area (Å²) in [6, 6.07) is 16.6. The highest BCUT2D eigenvalue weighted by Crippen LogP contribution is 2.31. The van der Waals surface area contributed by atoms with E-state index >= 15 is 0 Å². The van der Waals surface area contributed by atoms with Gasteiger partial charge in [-0.25, -0.2) is 8.42 Å². The molecule has 1 atom stereocenters. The zero-order valence-electron chi connectivity index (χ0n) is 14.8. The smallest absolute Gasteiger partial charge is 0.208 e. The number of rotatable bonds is 4. The molecule has 0 amide bonds. The maximum Gasteiger partial charge on any atom is 0.208 e. The van der Waals surface area contributed by atoms with Crippen molar-refractivity contribution in [1.29, 1.82) is 0 Å². The third-order valence-electron chi connectivity index (χ3n) is 5.22. The minimum absolute atomic E-state index is 0.238. The van der Waals surface area contributed by atoms with Gasteiger partial charge < -0.3 is 0 Å². The summed E-state index contributed by atoms with van der Waals surface area (Å²) in [6.45, 7) is 4.42. The lowest BCUT2D eigenvalue weighted by Gasteiger charge is -2.25. The van der Waals surface area contributed by atoms with Crippen molar-refractivity contribution in [1.82, 2.24) is 9.88 Å². The molecule has 1 fully saturated rings. The van der Waals surface area contributed by atoms with Crippen LogP contribution in [0.1, 0.15) is 31.4 Å². The first kappa shape index (κ1) is 17.2. The molecule has 0 bridgehead atoms. The molecule has 0 radical (unpaired) electrons. The molecule has 3 aromatic rings. The summed E-state index contributed by atoms with van der Waals surface area (Å²) < 4.78 is 25.7. The SMILES string of the molecule is CC(c1cccc2cc(S(=O)(=O)c3ccccc3)cnc12)N1CCCC1. The number of nitrogens with zero attached hydrogens (tertiary/aromatic N) is 2. The van der Waals surface area contributed by atoms with Crippen molar-refractivity contribution >= 4 is 20.7 Å². The Balaban J connectivity index is 1.77. The van der Waals surface area contributed by atoms with Crippen LogP contribution in [-0.4, -0.2) is 31.4 Å². The quantitative estimate of drug-likeness (QED) is 0.693. The van der Waals surface area contributed by atoms with E-state index in [4.69, 9.17) is 0 Å². The summed E-state index contributed by atoms with van der Waals surface area (Å²) in [6.07, 6.45) is 3.97. The minimum atomic E-state index is -3.55. The number of para-hydroxylation sites is 1. The van der Waals surface area contributed by atoms with E-state index in [-0.39, 0.29) is 10.9 Å². The van der Waals surface area contributed by atoms with Gasteiger partial charge in [-0.15, -0.1) is 0 Å². The topological polar surface area (TPSA) is 50.3 Å². The summed E-state index contributed by atoms with van der Waals surface area (Å²) in [7, 11) is -3.55. The molecule has 1 saturated heterocycles. The molecule has 0 aliphatic carbocycles. The fourth-order valence-electron chi connectivity index (χ4n) is 3.71. The normalized spacial score (nSPS) is 16.8. The Bertz CT molecular complexity index is 1030. The fourth-order valence-corrected chi connectivity index (χ4v) is 4.97. The van der Waals surface area contributed by atoms with Crippen LogP contribution in [-0.2, 0) is 9.84 Å². The van der Waals surface area contributed by atoms with Crippen LogP contribution in [0.25, 0.3) is 10.9 Å². The van der Waals surface area contributed by atoms with Gasteiger partial charge in [-0.1, -0.05) is 36.4 Å². The maximum absolute atomic E-state index is 12.9. The van der Waals surface area contributed by atoms with Crippen molar-refractivity contribution in [3.63, 3.8) is 0 Å². The first-order chi connectivity index (χ1) is 12.6. The molecule has 4 rings (SSSR count). The van der Waals surface area contributed by atoms with Gasteiger partial charge in [0, 0.05) is 17.6 Å². The second-order valence-corrected chi connectivity index (χ2v) is 8.78. The van der Waals surface area contributed by atoms with Crippen LogP contribution < -0.4 is 0 Å². The van der Waals surface area contributed by atoms with Gasteiger partial charge in [-0.05, 0) is 56.6 Å². The molecule has 1 unspecified atom stereocenters. The van der Waals surface area contributed by atoms with Crippen LogP contribution in [0.5, 0.6) is 0 Å². The molecule has 0 saturated carbocycles. The molecule has 4 nitrogen and oxygen atoms in total. The number of benzene rings is 2. The lowest BCUT2D eigenvalue weighted by atomic mass is 10.0. The van der Waals surface area contributed by atoms with Crippen LogP contribution >= 0.6 is 0 Å². The van der Waals surface area contributed by atoms with Crippen molar-refractivity contribution in [2.45, 2.75) is 35.6 Å². The Morgan fingerprint density at radius 1 is 0.962 bits per heavy atom. The van der Waals surface area contributed by atoms with Gasteiger partial charge >= 0.3 is 0 Å². The number of pyridine rings is 1. The lowest BCUT2D eigenvalue weighted by molar-refractivity contribution is 0.264. The average Bonchev–Trinajstić information content (AvgIpc) is 3.22. The molecule has 1 aliphatic heterocycles. The summed E-state index contributed by atoms with van der Waals surface area (Å²) in [5.74, 6) is 0. The molecule has 1 aliphatic rings. The number of aromatic nitrogens is 1. The molecule has 2 aromatic carbocycles. The van der Waals surface area contributed by atoms with E-state index in [1.54, 1.807) is 30.3 Å². The fraction of sp³-hybridized carbons (Fsp3) is 0.286. The molecule has 1 aromatic heterocycles. The predicted octanol–water partition coefficient (Wildman–Crippen LogP) is 4.22. The summed E-state index contributed by atoms with van der Waals surface area (Å²) in [5, 5.41) is 0.866. The highest BCUT2D eigenvalue weighted by atomic mass is 32.2. The van der Waals surface area contributed by atoms with Crippen LogP contribution in [0, 0.1) is 0 Å². The Morgan fingerprint density at radius 2 is 1.69 bits per heavy atom. The van der Waals surface area contributed by atoms with Crippen LogP contribution in [0.3, 0.4) is 0 Å². The standard InChI is InChI=1S/C21H22N2O2S/c1-16(23-12-5-6-13-23)20-11-7-8-17-14-19(15-22-21(17)20)26(24,25)18-9-3-2-4-10-18/h2-4,7-11,14-16H,5-6,12-13H2,1H3. The first-order valence-corrected chi connectivity index (χ1v) is 10.5. The van der Waals surface area contributed by atoms with E-state index in [1.807, 2.05) is 18.2 Å². The number of likely N-dealkylation sites (tertiary alicyclic amines) is 1.